The lowest BCUT2D eigenvalue weighted by molar-refractivity contribution is 0.333. The van der Waals surface area contributed by atoms with Crippen LogP contribution in [0.25, 0.3) is 0 Å². The molecule has 0 amide bonds. The van der Waals surface area contributed by atoms with Gasteiger partial charge in [0.25, 0.3) is 5.56 Å². The predicted molar refractivity (Wildman–Crippen MR) is 55.3 cm³/mol. The van der Waals surface area contributed by atoms with Crippen LogP contribution in [-0.4, -0.2) is 16.1 Å². The van der Waals surface area contributed by atoms with E-state index in [1.165, 1.54) is 23.8 Å². The van der Waals surface area contributed by atoms with Crippen molar-refractivity contribution < 1.29 is 0 Å². The van der Waals surface area contributed by atoms with Crippen LogP contribution in [-0.2, 0) is 7.05 Å². The Morgan fingerprint density at radius 3 is 3.07 bits per heavy atom. The molecule has 0 aliphatic heterocycles. The second-order valence-corrected chi connectivity index (χ2v) is 3.87. The number of hydrogen-bond donors (Lipinski definition) is 1. The number of nitrogens with zero attached hydrogens (tertiary/aromatic N) is 2. The first-order valence-corrected chi connectivity index (χ1v) is 5.03. The molecule has 1 aliphatic carbocycles. The Labute approximate surface area is 83.0 Å². The summed E-state index contributed by atoms with van der Waals surface area (Å²) in [6.07, 6.45) is 7.19. The smallest absolute Gasteiger partial charge is 0.293 e. The summed E-state index contributed by atoms with van der Waals surface area (Å²) in [5.41, 5.74) is -0.0492. The molecule has 1 aromatic heterocycles. The molecule has 1 N–H and O–H groups in total. The SMILES string of the molecule is Cn1ccnc(NCC2CCC2)c1=O. The number of aromatic nitrogens is 2. The van der Waals surface area contributed by atoms with Gasteiger partial charge in [-0.15, -0.1) is 0 Å². The predicted octanol–water partition coefficient (Wildman–Crippen LogP) is 0.992. The maximum absolute atomic E-state index is 11.5. The monoisotopic (exact) mass is 193 g/mol. The van der Waals surface area contributed by atoms with E-state index in [-0.39, 0.29) is 5.56 Å². The molecule has 0 atom stereocenters. The molecule has 0 aromatic carbocycles. The largest absolute Gasteiger partial charge is 0.365 e. The van der Waals surface area contributed by atoms with Gasteiger partial charge in [0.05, 0.1) is 0 Å². The summed E-state index contributed by atoms with van der Waals surface area (Å²) in [7, 11) is 1.73. The van der Waals surface area contributed by atoms with Gasteiger partial charge in [-0.25, -0.2) is 4.98 Å². The van der Waals surface area contributed by atoms with Gasteiger partial charge in [0, 0.05) is 26.0 Å². The average molecular weight is 193 g/mol. The van der Waals surface area contributed by atoms with Crippen LogP contribution in [0.5, 0.6) is 0 Å². The van der Waals surface area contributed by atoms with E-state index < -0.39 is 0 Å². The Balaban J connectivity index is 2.01. The van der Waals surface area contributed by atoms with Crippen molar-refractivity contribution in [3.05, 3.63) is 22.7 Å². The van der Waals surface area contributed by atoms with E-state index in [0.717, 1.165) is 12.5 Å². The lowest BCUT2D eigenvalue weighted by atomic mass is 9.85. The molecule has 0 saturated heterocycles. The number of anilines is 1. The minimum absolute atomic E-state index is 0.0492. The number of aryl methyl sites for hydroxylation is 1. The van der Waals surface area contributed by atoms with Crippen molar-refractivity contribution in [2.24, 2.45) is 13.0 Å². The molecule has 0 bridgehead atoms. The van der Waals surface area contributed by atoms with Gasteiger partial charge in [0.1, 0.15) is 0 Å². The second kappa shape index (κ2) is 3.82. The molecule has 1 fully saturated rings. The molecule has 0 unspecified atom stereocenters. The molecular weight excluding hydrogens is 178 g/mol. The zero-order valence-electron chi connectivity index (χ0n) is 8.36. The lowest BCUT2D eigenvalue weighted by Crippen LogP contribution is -2.27. The molecular formula is C10H15N3O. The van der Waals surface area contributed by atoms with Crippen LogP contribution in [0.1, 0.15) is 19.3 Å². The zero-order valence-corrected chi connectivity index (χ0v) is 8.36. The standard InChI is InChI=1S/C10H15N3O/c1-13-6-5-11-9(10(13)14)12-7-8-3-2-4-8/h5-6,8H,2-4,7H2,1H3,(H,11,12). The normalized spacial score (nSPS) is 16.4. The highest BCUT2D eigenvalue weighted by Crippen LogP contribution is 2.25. The fraction of sp³-hybridized carbons (Fsp3) is 0.600. The van der Waals surface area contributed by atoms with Gasteiger partial charge in [0.2, 0.25) is 0 Å². The van der Waals surface area contributed by atoms with Gasteiger partial charge < -0.3 is 9.88 Å². The number of rotatable bonds is 3. The molecule has 0 radical (unpaired) electrons. The summed E-state index contributed by atoms with van der Waals surface area (Å²) in [5.74, 6) is 1.21. The van der Waals surface area contributed by atoms with E-state index in [9.17, 15) is 4.79 Å². The van der Waals surface area contributed by atoms with Gasteiger partial charge in [-0.3, -0.25) is 4.79 Å². The Morgan fingerprint density at radius 2 is 2.43 bits per heavy atom. The van der Waals surface area contributed by atoms with E-state index in [1.54, 1.807) is 19.4 Å². The van der Waals surface area contributed by atoms with Crippen molar-refractivity contribution in [1.82, 2.24) is 9.55 Å². The number of nitrogens with one attached hydrogen (secondary N) is 1. The van der Waals surface area contributed by atoms with E-state index in [4.69, 9.17) is 0 Å². The van der Waals surface area contributed by atoms with Gasteiger partial charge in [0.15, 0.2) is 5.82 Å². The molecule has 1 aromatic rings. The van der Waals surface area contributed by atoms with Crippen molar-refractivity contribution in [1.29, 1.82) is 0 Å². The van der Waals surface area contributed by atoms with Crippen molar-refractivity contribution >= 4 is 5.82 Å². The molecule has 2 rings (SSSR count). The van der Waals surface area contributed by atoms with Gasteiger partial charge in [-0.1, -0.05) is 6.42 Å². The Hall–Kier alpha value is -1.32. The molecule has 76 valence electrons. The minimum atomic E-state index is -0.0492. The Bertz CT molecular complexity index is 368. The maximum atomic E-state index is 11.5. The molecule has 14 heavy (non-hydrogen) atoms. The summed E-state index contributed by atoms with van der Waals surface area (Å²) < 4.78 is 1.54. The Kier molecular flexibility index (Phi) is 2.52. The van der Waals surface area contributed by atoms with Crippen molar-refractivity contribution in [3.63, 3.8) is 0 Å². The van der Waals surface area contributed by atoms with Gasteiger partial charge in [-0.2, -0.15) is 0 Å². The second-order valence-electron chi connectivity index (χ2n) is 3.87. The van der Waals surface area contributed by atoms with E-state index in [0.29, 0.717) is 5.82 Å². The highest BCUT2D eigenvalue weighted by atomic mass is 16.1. The average Bonchev–Trinajstić information content (AvgIpc) is 2.09. The van der Waals surface area contributed by atoms with E-state index in [1.807, 2.05) is 0 Å². The first-order valence-electron chi connectivity index (χ1n) is 5.03. The maximum Gasteiger partial charge on any atom is 0.293 e. The fourth-order valence-corrected chi connectivity index (χ4v) is 1.56. The summed E-state index contributed by atoms with van der Waals surface area (Å²) in [4.78, 5) is 15.6. The van der Waals surface area contributed by atoms with Crippen LogP contribution in [0.4, 0.5) is 5.82 Å². The summed E-state index contributed by atoms with van der Waals surface area (Å²) >= 11 is 0. The third kappa shape index (κ3) is 1.78. The summed E-state index contributed by atoms with van der Waals surface area (Å²) in [6.45, 7) is 0.881. The van der Waals surface area contributed by atoms with Crippen molar-refractivity contribution in [3.8, 4) is 0 Å². The van der Waals surface area contributed by atoms with Crippen molar-refractivity contribution in [2.75, 3.05) is 11.9 Å². The zero-order chi connectivity index (χ0) is 9.97. The van der Waals surface area contributed by atoms with E-state index in [2.05, 4.69) is 10.3 Å². The van der Waals surface area contributed by atoms with Gasteiger partial charge in [-0.05, 0) is 18.8 Å². The molecule has 1 saturated carbocycles. The lowest BCUT2D eigenvalue weighted by Gasteiger charge is -2.25. The summed E-state index contributed by atoms with van der Waals surface area (Å²) in [5, 5.41) is 3.11. The molecule has 0 spiro atoms. The Morgan fingerprint density at radius 1 is 1.64 bits per heavy atom. The molecule has 1 heterocycles. The molecule has 4 heteroatoms. The highest BCUT2D eigenvalue weighted by molar-refractivity contribution is 5.30. The third-order valence-electron chi connectivity index (χ3n) is 2.80. The first kappa shape index (κ1) is 9.24. The fourth-order valence-electron chi connectivity index (χ4n) is 1.56. The van der Waals surface area contributed by atoms with Crippen molar-refractivity contribution in [2.45, 2.75) is 19.3 Å². The highest BCUT2D eigenvalue weighted by Gasteiger charge is 2.17. The molecule has 1 aliphatic rings. The van der Waals surface area contributed by atoms with Crippen LogP contribution in [0.2, 0.25) is 0 Å². The minimum Gasteiger partial charge on any atom is -0.365 e. The molecule has 4 nitrogen and oxygen atoms in total. The quantitative estimate of drug-likeness (QED) is 0.778. The van der Waals surface area contributed by atoms with Gasteiger partial charge >= 0.3 is 0 Å². The first-order chi connectivity index (χ1) is 6.77. The summed E-state index contributed by atoms with van der Waals surface area (Å²) in [6, 6.07) is 0. The van der Waals surface area contributed by atoms with Crippen LogP contribution in [0.3, 0.4) is 0 Å². The number of hydrogen-bond acceptors (Lipinski definition) is 3. The van der Waals surface area contributed by atoms with Crippen LogP contribution >= 0.6 is 0 Å². The van der Waals surface area contributed by atoms with Crippen LogP contribution in [0.15, 0.2) is 17.2 Å². The third-order valence-corrected chi connectivity index (χ3v) is 2.80. The van der Waals surface area contributed by atoms with Crippen LogP contribution < -0.4 is 10.9 Å². The van der Waals surface area contributed by atoms with E-state index >= 15 is 0 Å². The topological polar surface area (TPSA) is 46.9 Å². The van der Waals surface area contributed by atoms with Crippen LogP contribution in [0, 0.1) is 5.92 Å².